The number of amides is 1. The van der Waals surface area contributed by atoms with E-state index in [1.165, 1.54) is 0 Å². The summed E-state index contributed by atoms with van der Waals surface area (Å²) < 4.78 is 27.1. The number of carbonyl (C=O) groups excluding carboxylic acids is 1. The predicted molar refractivity (Wildman–Crippen MR) is 80.6 cm³/mol. The second-order valence-corrected chi connectivity index (χ2v) is 7.96. The quantitative estimate of drug-likeness (QED) is 0.721. The predicted octanol–water partition coefficient (Wildman–Crippen LogP) is 2.75. The smallest absolute Gasteiger partial charge is 0.410 e. The first-order valence-electron chi connectivity index (χ1n) is 6.85. The summed E-state index contributed by atoms with van der Waals surface area (Å²) in [7, 11) is 1.66. The van der Waals surface area contributed by atoms with E-state index in [0.29, 0.717) is 13.0 Å². The normalized spacial score (nSPS) is 14.7. The van der Waals surface area contributed by atoms with Gasteiger partial charge in [-0.05, 0) is 24.8 Å². The molecule has 1 aromatic carbocycles. The van der Waals surface area contributed by atoms with Crippen molar-refractivity contribution in [2.24, 2.45) is 0 Å². The molecule has 116 valence electrons. The number of nitrogens with zero attached hydrogens (tertiary/aromatic N) is 1. The lowest BCUT2D eigenvalue weighted by Crippen LogP contribution is -2.35. The maximum absolute atomic E-state index is 12.1. The fourth-order valence-corrected chi connectivity index (χ4v) is 2.82. The van der Waals surface area contributed by atoms with Gasteiger partial charge < -0.3 is 9.64 Å². The molecule has 0 aliphatic heterocycles. The van der Waals surface area contributed by atoms with E-state index in [9.17, 15) is 13.2 Å². The van der Waals surface area contributed by atoms with Crippen molar-refractivity contribution in [2.45, 2.75) is 31.9 Å². The summed E-state index contributed by atoms with van der Waals surface area (Å²) in [6.07, 6.45) is 1.80. The second-order valence-electron chi connectivity index (χ2n) is 5.06. The van der Waals surface area contributed by atoms with Crippen LogP contribution < -0.4 is 0 Å². The molecule has 0 heterocycles. The van der Waals surface area contributed by atoms with Crippen LogP contribution in [0.2, 0.25) is 0 Å². The van der Waals surface area contributed by atoms with Gasteiger partial charge in [0, 0.05) is 23.3 Å². The number of hydrogen-bond donors (Lipinski definition) is 0. The van der Waals surface area contributed by atoms with Gasteiger partial charge in [-0.15, -0.1) is 0 Å². The maximum atomic E-state index is 12.1. The SMILES string of the molecule is O=C(OCc1ccccc1)N(CCCS(=O)(=O)Cl)C1CC1. The highest BCUT2D eigenvalue weighted by Crippen LogP contribution is 2.27. The van der Waals surface area contributed by atoms with Crippen molar-refractivity contribution in [3.8, 4) is 0 Å². The molecular formula is C14H18ClNO4S. The molecule has 0 radical (unpaired) electrons. The maximum Gasteiger partial charge on any atom is 0.410 e. The zero-order chi connectivity index (χ0) is 15.3. The van der Waals surface area contributed by atoms with Crippen LogP contribution in [-0.2, 0) is 20.4 Å². The first-order chi connectivity index (χ1) is 9.96. The molecule has 0 unspecified atom stereocenters. The number of ether oxygens (including phenoxy) is 1. The van der Waals surface area contributed by atoms with Crippen molar-refractivity contribution >= 4 is 25.8 Å². The van der Waals surface area contributed by atoms with E-state index in [4.69, 9.17) is 15.4 Å². The number of benzene rings is 1. The van der Waals surface area contributed by atoms with Gasteiger partial charge in [0.15, 0.2) is 0 Å². The number of halogens is 1. The van der Waals surface area contributed by atoms with Crippen molar-refractivity contribution in [2.75, 3.05) is 12.3 Å². The van der Waals surface area contributed by atoms with Gasteiger partial charge in [-0.3, -0.25) is 0 Å². The van der Waals surface area contributed by atoms with Gasteiger partial charge in [0.05, 0.1) is 5.75 Å². The Balaban J connectivity index is 1.82. The number of carbonyl (C=O) groups is 1. The van der Waals surface area contributed by atoms with Gasteiger partial charge in [0.1, 0.15) is 6.61 Å². The second kappa shape index (κ2) is 7.13. The largest absolute Gasteiger partial charge is 0.445 e. The van der Waals surface area contributed by atoms with Gasteiger partial charge in [-0.25, -0.2) is 13.2 Å². The molecule has 1 aromatic rings. The first kappa shape index (κ1) is 16.1. The molecule has 1 saturated carbocycles. The molecule has 0 bridgehead atoms. The molecule has 0 N–H and O–H groups in total. The lowest BCUT2D eigenvalue weighted by molar-refractivity contribution is 0.0936. The third-order valence-electron chi connectivity index (χ3n) is 3.21. The summed E-state index contributed by atoms with van der Waals surface area (Å²) in [4.78, 5) is 13.7. The molecule has 1 aliphatic rings. The third kappa shape index (κ3) is 5.93. The highest BCUT2D eigenvalue weighted by molar-refractivity contribution is 8.13. The molecule has 1 aliphatic carbocycles. The van der Waals surface area contributed by atoms with E-state index in [2.05, 4.69) is 0 Å². The van der Waals surface area contributed by atoms with Crippen LogP contribution in [0.4, 0.5) is 4.79 Å². The summed E-state index contributed by atoms with van der Waals surface area (Å²) in [6.45, 7) is 0.570. The topological polar surface area (TPSA) is 63.7 Å². The van der Waals surface area contributed by atoms with Crippen LogP contribution in [0.15, 0.2) is 30.3 Å². The molecule has 21 heavy (non-hydrogen) atoms. The Hall–Kier alpha value is -1.27. The number of hydrogen-bond acceptors (Lipinski definition) is 4. The summed E-state index contributed by atoms with van der Waals surface area (Å²) in [5.41, 5.74) is 0.921. The Morgan fingerprint density at radius 1 is 1.29 bits per heavy atom. The van der Waals surface area contributed by atoms with Crippen molar-refractivity contribution in [1.82, 2.24) is 4.90 Å². The molecule has 0 atom stereocenters. The lowest BCUT2D eigenvalue weighted by atomic mass is 10.2. The van der Waals surface area contributed by atoms with E-state index in [0.717, 1.165) is 18.4 Å². The average Bonchev–Trinajstić information content (AvgIpc) is 3.25. The van der Waals surface area contributed by atoms with Crippen LogP contribution in [0, 0.1) is 0 Å². The zero-order valence-corrected chi connectivity index (χ0v) is 13.1. The van der Waals surface area contributed by atoms with E-state index in [-0.39, 0.29) is 18.4 Å². The van der Waals surface area contributed by atoms with Crippen molar-refractivity contribution in [1.29, 1.82) is 0 Å². The molecule has 5 nitrogen and oxygen atoms in total. The van der Waals surface area contributed by atoms with E-state index in [1.54, 1.807) is 4.90 Å². The average molecular weight is 332 g/mol. The molecule has 2 rings (SSSR count). The molecule has 0 saturated heterocycles. The summed E-state index contributed by atoms with van der Waals surface area (Å²) >= 11 is 0. The van der Waals surface area contributed by atoms with Gasteiger partial charge in [0.25, 0.3) is 0 Å². The van der Waals surface area contributed by atoms with Gasteiger partial charge >= 0.3 is 6.09 Å². The molecule has 7 heteroatoms. The molecule has 1 fully saturated rings. The Kier molecular flexibility index (Phi) is 5.47. The van der Waals surface area contributed by atoms with Gasteiger partial charge in [0.2, 0.25) is 9.05 Å². The third-order valence-corrected chi connectivity index (χ3v) is 4.45. The Morgan fingerprint density at radius 3 is 2.52 bits per heavy atom. The van der Waals surface area contributed by atoms with E-state index < -0.39 is 15.1 Å². The molecular weight excluding hydrogens is 314 g/mol. The van der Waals surface area contributed by atoms with Crippen LogP contribution >= 0.6 is 10.7 Å². The standard InChI is InChI=1S/C14H18ClNO4S/c15-21(18,19)10-4-9-16(13-7-8-13)14(17)20-11-12-5-2-1-3-6-12/h1-3,5-6,13H,4,7-11H2. The lowest BCUT2D eigenvalue weighted by Gasteiger charge is -2.21. The van der Waals surface area contributed by atoms with Crippen LogP contribution in [-0.4, -0.2) is 37.8 Å². The van der Waals surface area contributed by atoms with Crippen LogP contribution in [0.25, 0.3) is 0 Å². The Bertz CT molecular complexity index is 572. The molecule has 0 spiro atoms. The highest BCUT2D eigenvalue weighted by atomic mass is 35.7. The minimum Gasteiger partial charge on any atom is -0.445 e. The molecule has 1 amide bonds. The van der Waals surface area contributed by atoms with Crippen LogP contribution in [0.5, 0.6) is 0 Å². The van der Waals surface area contributed by atoms with Crippen LogP contribution in [0.3, 0.4) is 0 Å². The van der Waals surface area contributed by atoms with E-state index >= 15 is 0 Å². The van der Waals surface area contributed by atoms with E-state index in [1.807, 2.05) is 30.3 Å². The van der Waals surface area contributed by atoms with Crippen molar-refractivity contribution in [3.63, 3.8) is 0 Å². The van der Waals surface area contributed by atoms with Crippen molar-refractivity contribution in [3.05, 3.63) is 35.9 Å². The minimum atomic E-state index is -3.51. The van der Waals surface area contributed by atoms with Crippen molar-refractivity contribution < 1.29 is 17.9 Å². The fourth-order valence-electron chi connectivity index (χ4n) is 2.02. The fraction of sp³-hybridized carbons (Fsp3) is 0.500. The highest BCUT2D eigenvalue weighted by Gasteiger charge is 2.33. The Morgan fingerprint density at radius 2 is 1.95 bits per heavy atom. The van der Waals surface area contributed by atoms with Gasteiger partial charge in [-0.1, -0.05) is 30.3 Å². The first-order valence-corrected chi connectivity index (χ1v) is 9.33. The Labute approximate surface area is 129 Å². The summed E-state index contributed by atoms with van der Waals surface area (Å²) in [5.74, 6) is -0.135. The summed E-state index contributed by atoms with van der Waals surface area (Å²) in [5, 5.41) is 0. The monoisotopic (exact) mass is 331 g/mol. The molecule has 0 aromatic heterocycles. The minimum absolute atomic E-state index is 0.135. The van der Waals surface area contributed by atoms with Crippen LogP contribution in [0.1, 0.15) is 24.8 Å². The van der Waals surface area contributed by atoms with Gasteiger partial charge in [-0.2, -0.15) is 0 Å². The number of rotatable bonds is 7. The summed E-state index contributed by atoms with van der Waals surface area (Å²) in [6, 6.07) is 9.60. The zero-order valence-electron chi connectivity index (χ0n) is 11.6.